The molecule has 0 spiro atoms. The fourth-order valence-corrected chi connectivity index (χ4v) is 1.58. The number of nitrogens with one attached hydrogen (secondary N) is 1. The zero-order valence-corrected chi connectivity index (χ0v) is 10.9. The number of rotatable bonds is 5. The first-order valence-electron chi connectivity index (χ1n) is 5.70. The van der Waals surface area contributed by atoms with Crippen LogP contribution in [0.3, 0.4) is 0 Å². The lowest BCUT2D eigenvalue weighted by Gasteiger charge is -2.19. The molecular formula is C13H18N2O3. The molecule has 0 saturated heterocycles. The quantitative estimate of drug-likeness (QED) is 0.793. The van der Waals surface area contributed by atoms with Gasteiger partial charge in [-0.05, 0) is 19.2 Å². The third-order valence-electron chi connectivity index (χ3n) is 2.63. The number of hydrogen-bond acceptors (Lipinski definition) is 4. The van der Waals surface area contributed by atoms with Gasteiger partial charge in [0.15, 0.2) is 0 Å². The fraction of sp³-hybridized carbons (Fsp3) is 0.385. The summed E-state index contributed by atoms with van der Waals surface area (Å²) in [5.41, 5.74) is 0.950. The highest BCUT2D eigenvalue weighted by atomic mass is 16.5. The van der Waals surface area contributed by atoms with E-state index in [1.807, 2.05) is 0 Å². The molecule has 18 heavy (non-hydrogen) atoms. The number of esters is 1. The summed E-state index contributed by atoms with van der Waals surface area (Å²) in [5, 5.41) is 2.91. The van der Waals surface area contributed by atoms with Gasteiger partial charge in [0.05, 0.1) is 18.4 Å². The Morgan fingerprint density at radius 3 is 2.61 bits per heavy atom. The van der Waals surface area contributed by atoms with Gasteiger partial charge in [0, 0.05) is 20.0 Å². The van der Waals surface area contributed by atoms with E-state index in [1.165, 1.54) is 12.0 Å². The van der Waals surface area contributed by atoms with Crippen molar-refractivity contribution >= 4 is 17.6 Å². The molecule has 1 aromatic carbocycles. The average molecular weight is 250 g/mol. The summed E-state index contributed by atoms with van der Waals surface area (Å²) >= 11 is 0. The molecule has 0 aliphatic carbocycles. The summed E-state index contributed by atoms with van der Waals surface area (Å²) in [4.78, 5) is 25.0. The number of benzene rings is 1. The van der Waals surface area contributed by atoms with Crippen molar-refractivity contribution in [2.45, 2.75) is 6.42 Å². The Morgan fingerprint density at radius 1 is 1.33 bits per heavy atom. The molecule has 0 aliphatic rings. The van der Waals surface area contributed by atoms with Crippen LogP contribution < -0.4 is 10.2 Å². The third kappa shape index (κ3) is 3.30. The largest absolute Gasteiger partial charge is 0.465 e. The van der Waals surface area contributed by atoms with Crippen LogP contribution in [-0.4, -0.2) is 39.6 Å². The summed E-state index contributed by atoms with van der Waals surface area (Å²) in [7, 11) is 4.76. The normalized spacial score (nSPS) is 9.94. The Morgan fingerprint density at radius 2 is 2.00 bits per heavy atom. The Kier molecular flexibility index (Phi) is 5.32. The minimum absolute atomic E-state index is 0.0549. The number of nitrogens with zero attached hydrogens (tertiary/aromatic N) is 1. The van der Waals surface area contributed by atoms with Gasteiger partial charge in [-0.25, -0.2) is 4.79 Å². The number of carbonyl (C=O) groups excluding carboxylic acids is 2. The summed E-state index contributed by atoms with van der Waals surface area (Å²) in [6.07, 6.45) is 0.377. The number of ether oxygens (including phenoxy) is 1. The molecule has 0 atom stereocenters. The smallest absolute Gasteiger partial charge is 0.339 e. The van der Waals surface area contributed by atoms with Gasteiger partial charge in [-0.3, -0.25) is 4.79 Å². The summed E-state index contributed by atoms with van der Waals surface area (Å²) in [6, 6.07) is 6.89. The van der Waals surface area contributed by atoms with Gasteiger partial charge in [0.25, 0.3) is 0 Å². The van der Waals surface area contributed by atoms with Gasteiger partial charge in [-0.2, -0.15) is 0 Å². The Hall–Kier alpha value is -1.88. The van der Waals surface area contributed by atoms with Gasteiger partial charge in [0.2, 0.25) is 5.91 Å². The van der Waals surface area contributed by atoms with E-state index in [9.17, 15) is 9.59 Å². The first-order chi connectivity index (χ1) is 8.61. The maximum Gasteiger partial charge on any atom is 0.339 e. The lowest BCUT2D eigenvalue weighted by molar-refractivity contribution is -0.118. The Labute approximate surface area is 107 Å². The van der Waals surface area contributed by atoms with Crippen LogP contribution in [0.2, 0.25) is 0 Å². The van der Waals surface area contributed by atoms with Crippen molar-refractivity contribution in [3.8, 4) is 0 Å². The van der Waals surface area contributed by atoms with Crippen LogP contribution >= 0.6 is 0 Å². The standard InChI is InChI=1S/C13H18N2O3/c1-14-9-8-12(16)15(2)11-7-5-4-6-10(11)13(17)18-3/h4-7,14H,8-9H2,1-3H3. The van der Waals surface area contributed by atoms with Gasteiger partial charge < -0.3 is 15.0 Å². The number of carbonyl (C=O) groups is 2. The molecule has 0 unspecified atom stereocenters. The van der Waals surface area contributed by atoms with Crippen molar-refractivity contribution < 1.29 is 14.3 Å². The van der Waals surface area contributed by atoms with E-state index in [0.717, 1.165) is 0 Å². The van der Waals surface area contributed by atoms with Gasteiger partial charge in [-0.1, -0.05) is 12.1 Å². The maximum atomic E-state index is 11.9. The predicted octanol–water partition coefficient (Wildman–Crippen LogP) is 1.05. The third-order valence-corrected chi connectivity index (χ3v) is 2.63. The second-order valence-electron chi connectivity index (χ2n) is 3.82. The second-order valence-corrected chi connectivity index (χ2v) is 3.82. The minimum Gasteiger partial charge on any atom is -0.465 e. The molecule has 1 aromatic rings. The topological polar surface area (TPSA) is 58.6 Å². The molecule has 5 heteroatoms. The molecule has 0 heterocycles. The number of amides is 1. The van der Waals surface area contributed by atoms with Crippen LogP contribution in [0.1, 0.15) is 16.8 Å². The van der Waals surface area contributed by atoms with Crippen molar-refractivity contribution in [1.29, 1.82) is 0 Å². The van der Waals surface area contributed by atoms with E-state index in [0.29, 0.717) is 24.2 Å². The van der Waals surface area contributed by atoms with E-state index >= 15 is 0 Å². The van der Waals surface area contributed by atoms with E-state index in [2.05, 4.69) is 5.32 Å². The SMILES string of the molecule is CNCCC(=O)N(C)c1ccccc1C(=O)OC. The number of hydrogen-bond donors (Lipinski definition) is 1. The minimum atomic E-state index is -0.445. The first-order valence-corrected chi connectivity index (χ1v) is 5.70. The molecule has 0 bridgehead atoms. The second kappa shape index (κ2) is 6.76. The molecule has 1 amide bonds. The summed E-state index contributed by atoms with van der Waals surface area (Å²) in [6.45, 7) is 0.601. The predicted molar refractivity (Wildman–Crippen MR) is 69.7 cm³/mol. The molecule has 0 aromatic heterocycles. The van der Waals surface area contributed by atoms with Gasteiger partial charge in [-0.15, -0.1) is 0 Å². The van der Waals surface area contributed by atoms with Gasteiger partial charge >= 0.3 is 5.97 Å². The number of methoxy groups -OCH3 is 1. The monoisotopic (exact) mass is 250 g/mol. The van der Waals surface area contributed by atoms with Crippen LogP contribution in [0.15, 0.2) is 24.3 Å². The highest BCUT2D eigenvalue weighted by Crippen LogP contribution is 2.20. The average Bonchev–Trinajstić information content (AvgIpc) is 2.43. The molecular weight excluding hydrogens is 232 g/mol. The molecule has 98 valence electrons. The van der Waals surface area contributed by atoms with Crippen LogP contribution in [-0.2, 0) is 9.53 Å². The molecule has 0 saturated carbocycles. The van der Waals surface area contributed by atoms with Crippen LogP contribution in [0.4, 0.5) is 5.69 Å². The molecule has 1 rings (SSSR count). The van der Waals surface area contributed by atoms with Crippen molar-refractivity contribution in [3.05, 3.63) is 29.8 Å². The fourth-order valence-electron chi connectivity index (χ4n) is 1.58. The highest BCUT2D eigenvalue weighted by molar-refractivity contribution is 6.02. The molecule has 0 radical (unpaired) electrons. The van der Waals surface area contributed by atoms with Crippen LogP contribution in [0.5, 0.6) is 0 Å². The first kappa shape index (κ1) is 14.2. The van der Waals surface area contributed by atoms with Crippen molar-refractivity contribution in [2.75, 3.05) is 32.6 Å². The van der Waals surface area contributed by atoms with E-state index < -0.39 is 5.97 Å². The van der Waals surface area contributed by atoms with E-state index in [1.54, 1.807) is 38.4 Å². The number of para-hydroxylation sites is 1. The van der Waals surface area contributed by atoms with Gasteiger partial charge in [0.1, 0.15) is 0 Å². The zero-order chi connectivity index (χ0) is 13.5. The number of anilines is 1. The van der Waals surface area contributed by atoms with E-state index in [4.69, 9.17) is 4.74 Å². The van der Waals surface area contributed by atoms with Crippen molar-refractivity contribution in [1.82, 2.24) is 5.32 Å². The lowest BCUT2D eigenvalue weighted by Crippen LogP contribution is -2.30. The molecule has 1 N–H and O–H groups in total. The van der Waals surface area contributed by atoms with Crippen LogP contribution in [0, 0.1) is 0 Å². The van der Waals surface area contributed by atoms with Crippen molar-refractivity contribution in [2.24, 2.45) is 0 Å². The highest BCUT2D eigenvalue weighted by Gasteiger charge is 2.18. The van der Waals surface area contributed by atoms with E-state index in [-0.39, 0.29) is 5.91 Å². The Bertz CT molecular complexity index is 432. The summed E-state index contributed by atoms with van der Waals surface area (Å²) in [5.74, 6) is -0.500. The lowest BCUT2D eigenvalue weighted by atomic mass is 10.1. The Balaban J connectivity index is 2.94. The molecule has 5 nitrogen and oxygen atoms in total. The maximum absolute atomic E-state index is 11.9. The van der Waals surface area contributed by atoms with Crippen molar-refractivity contribution in [3.63, 3.8) is 0 Å². The summed E-state index contributed by atoms with van der Waals surface area (Å²) < 4.78 is 4.70. The molecule has 0 aliphatic heterocycles. The van der Waals surface area contributed by atoms with Crippen LogP contribution in [0.25, 0.3) is 0 Å². The zero-order valence-electron chi connectivity index (χ0n) is 10.9. The molecule has 0 fully saturated rings.